The van der Waals surface area contributed by atoms with Gasteiger partial charge in [0.25, 0.3) is 0 Å². The van der Waals surface area contributed by atoms with E-state index in [2.05, 4.69) is 25.8 Å². The number of halogens is 1. The Labute approximate surface area is 188 Å². The number of nitriles is 1. The zero-order chi connectivity index (χ0) is 22.8. The molecule has 31 heavy (non-hydrogen) atoms. The Bertz CT molecular complexity index is 1040. The summed E-state index contributed by atoms with van der Waals surface area (Å²) in [6, 6.07) is 7.33. The molecule has 1 aromatic rings. The number of hydrogen-bond acceptors (Lipinski definition) is 6. The van der Waals surface area contributed by atoms with Crippen LogP contribution in [0.4, 0.5) is 0 Å². The molecule has 1 aromatic carbocycles. The highest BCUT2D eigenvalue weighted by Gasteiger charge is 2.44. The largest absolute Gasteiger partial charge is 0.481 e. The van der Waals surface area contributed by atoms with Gasteiger partial charge in [0.05, 0.1) is 24.2 Å². The van der Waals surface area contributed by atoms with Crippen molar-refractivity contribution in [2.75, 3.05) is 26.9 Å². The predicted octanol–water partition coefficient (Wildman–Crippen LogP) is 3.73. The molecule has 0 amide bonds. The van der Waals surface area contributed by atoms with E-state index in [0.29, 0.717) is 53.7 Å². The lowest BCUT2D eigenvalue weighted by molar-refractivity contribution is -0.118. The molecule has 2 aliphatic rings. The SMILES string of the molecule is C#CCOc1ccc(Cl)cc1[C@@H]1C(C#N)=C(N)N(CCOC)C2=C1C(=O)CC(C)(C)C2. The summed E-state index contributed by atoms with van der Waals surface area (Å²) in [7, 11) is 1.60. The van der Waals surface area contributed by atoms with Gasteiger partial charge in [0.15, 0.2) is 5.78 Å². The first-order valence-electron chi connectivity index (χ1n) is 10.0. The van der Waals surface area contributed by atoms with Gasteiger partial charge in [-0.25, -0.2) is 0 Å². The monoisotopic (exact) mass is 439 g/mol. The van der Waals surface area contributed by atoms with Crippen LogP contribution in [-0.2, 0) is 9.53 Å². The smallest absolute Gasteiger partial charge is 0.162 e. The van der Waals surface area contributed by atoms with Crippen LogP contribution in [-0.4, -0.2) is 37.6 Å². The molecule has 6 nitrogen and oxygen atoms in total. The molecule has 0 saturated carbocycles. The van der Waals surface area contributed by atoms with Gasteiger partial charge in [-0.1, -0.05) is 31.4 Å². The van der Waals surface area contributed by atoms with E-state index in [9.17, 15) is 10.1 Å². The quantitative estimate of drug-likeness (QED) is 0.679. The molecule has 0 bridgehead atoms. The maximum atomic E-state index is 13.4. The molecule has 0 saturated heterocycles. The molecule has 1 aliphatic heterocycles. The summed E-state index contributed by atoms with van der Waals surface area (Å²) in [5.41, 5.74) is 8.56. The van der Waals surface area contributed by atoms with Crippen LogP contribution < -0.4 is 10.5 Å². The van der Waals surface area contributed by atoms with Gasteiger partial charge < -0.3 is 20.1 Å². The van der Waals surface area contributed by atoms with Crippen molar-refractivity contribution in [1.82, 2.24) is 4.90 Å². The molecule has 0 aromatic heterocycles. The van der Waals surface area contributed by atoms with Crippen LogP contribution in [0.15, 0.2) is 40.9 Å². The van der Waals surface area contributed by atoms with E-state index >= 15 is 0 Å². The number of Topliss-reactive ketones (excluding diaryl/α,β-unsaturated/α-hetero) is 1. The van der Waals surface area contributed by atoms with Crippen LogP contribution >= 0.6 is 11.6 Å². The molecular weight excluding hydrogens is 414 g/mol. The number of ketones is 1. The molecule has 1 heterocycles. The number of hydrogen-bond donors (Lipinski definition) is 1. The number of carbonyl (C=O) groups excluding carboxylic acids is 1. The van der Waals surface area contributed by atoms with Crippen molar-refractivity contribution in [3.05, 3.63) is 51.4 Å². The van der Waals surface area contributed by atoms with Gasteiger partial charge in [-0.2, -0.15) is 5.26 Å². The Hall–Kier alpha value is -2.93. The summed E-state index contributed by atoms with van der Waals surface area (Å²) in [6.45, 7) is 5.01. The summed E-state index contributed by atoms with van der Waals surface area (Å²) in [4.78, 5) is 15.3. The molecule has 1 aliphatic carbocycles. The van der Waals surface area contributed by atoms with Crippen LogP contribution in [0.25, 0.3) is 0 Å². The minimum atomic E-state index is -0.672. The lowest BCUT2D eigenvalue weighted by atomic mass is 9.68. The second-order valence-corrected chi connectivity index (χ2v) is 8.90. The number of allylic oxidation sites excluding steroid dienone is 3. The number of terminal acetylenes is 1. The Morgan fingerprint density at radius 1 is 1.39 bits per heavy atom. The Morgan fingerprint density at radius 2 is 2.13 bits per heavy atom. The van der Waals surface area contributed by atoms with Crippen molar-refractivity contribution >= 4 is 17.4 Å². The summed E-state index contributed by atoms with van der Waals surface area (Å²) in [5.74, 6) is 2.55. The average Bonchev–Trinajstić information content (AvgIpc) is 2.70. The Balaban J connectivity index is 2.27. The van der Waals surface area contributed by atoms with Crippen LogP contribution in [0.1, 0.15) is 38.2 Å². The third-order valence-electron chi connectivity index (χ3n) is 5.60. The Kier molecular flexibility index (Phi) is 6.65. The lowest BCUT2D eigenvalue weighted by Crippen LogP contribution is -2.43. The van der Waals surface area contributed by atoms with Gasteiger partial charge in [-0.05, 0) is 30.0 Å². The molecule has 162 valence electrons. The zero-order valence-corrected chi connectivity index (χ0v) is 18.8. The number of nitrogens with two attached hydrogens (primary N) is 1. The van der Waals surface area contributed by atoms with Crippen molar-refractivity contribution in [3.8, 4) is 24.2 Å². The van der Waals surface area contributed by atoms with Crippen LogP contribution in [0, 0.1) is 29.1 Å². The Morgan fingerprint density at radius 3 is 2.77 bits per heavy atom. The van der Waals surface area contributed by atoms with Gasteiger partial charge in [-0.15, -0.1) is 6.42 Å². The summed E-state index contributed by atoms with van der Waals surface area (Å²) < 4.78 is 11.0. The number of ether oxygens (including phenoxy) is 2. The first kappa shape index (κ1) is 22.7. The predicted molar refractivity (Wildman–Crippen MR) is 119 cm³/mol. The van der Waals surface area contributed by atoms with Crippen molar-refractivity contribution in [1.29, 1.82) is 5.26 Å². The van der Waals surface area contributed by atoms with Crippen LogP contribution in [0.5, 0.6) is 5.75 Å². The first-order chi connectivity index (χ1) is 14.7. The van der Waals surface area contributed by atoms with E-state index in [1.165, 1.54) is 0 Å². The van der Waals surface area contributed by atoms with E-state index in [1.54, 1.807) is 25.3 Å². The highest BCUT2D eigenvalue weighted by molar-refractivity contribution is 6.30. The second kappa shape index (κ2) is 9.06. The van der Waals surface area contributed by atoms with Crippen molar-refractivity contribution < 1.29 is 14.3 Å². The topological polar surface area (TPSA) is 88.6 Å². The summed E-state index contributed by atoms with van der Waals surface area (Å²) in [6.07, 6.45) is 6.39. The van der Waals surface area contributed by atoms with E-state index in [1.807, 2.05) is 4.90 Å². The highest BCUT2D eigenvalue weighted by Crippen LogP contribution is 2.50. The fourth-order valence-electron chi connectivity index (χ4n) is 4.32. The zero-order valence-electron chi connectivity index (χ0n) is 18.0. The lowest BCUT2D eigenvalue weighted by Gasteiger charge is -2.44. The van der Waals surface area contributed by atoms with E-state index in [0.717, 1.165) is 5.70 Å². The van der Waals surface area contributed by atoms with Crippen LogP contribution in [0.3, 0.4) is 0 Å². The number of methoxy groups -OCH3 is 1. The summed E-state index contributed by atoms with van der Waals surface area (Å²) >= 11 is 6.30. The maximum absolute atomic E-state index is 13.4. The average molecular weight is 440 g/mol. The molecular formula is C24H26ClN3O3. The number of rotatable bonds is 6. The van der Waals surface area contributed by atoms with Crippen molar-refractivity contribution in [2.45, 2.75) is 32.6 Å². The molecule has 2 N–H and O–H groups in total. The standard InChI is InChI=1S/C24H26ClN3O3/c1-5-9-31-20-7-6-15(25)11-16(20)21-17(14-26)23(27)28(8-10-30-4)18-12-24(2,3)13-19(29)22(18)21/h1,6-7,11,21H,8-10,12-13,27H2,2-4H3/t21-/m1/s1. The van der Waals surface area contributed by atoms with E-state index < -0.39 is 5.92 Å². The molecule has 7 heteroatoms. The second-order valence-electron chi connectivity index (χ2n) is 8.46. The number of carbonyl (C=O) groups is 1. The van der Waals surface area contributed by atoms with Crippen molar-refractivity contribution in [3.63, 3.8) is 0 Å². The van der Waals surface area contributed by atoms with E-state index in [-0.39, 0.29) is 23.4 Å². The molecule has 0 spiro atoms. The molecule has 1 atom stereocenters. The molecule has 0 fully saturated rings. The van der Waals surface area contributed by atoms with Gasteiger partial charge in [-0.3, -0.25) is 4.79 Å². The minimum Gasteiger partial charge on any atom is -0.481 e. The first-order valence-corrected chi connectivity index (χ1v) is 10.4. The van der Waals surface area contributed by atoms with E-state index in [4.69, 9.17) is 33.2 Å². The van der Waals surface area contributed by atoms with Crippen molar-refractivity contribution in [2.24, 2.45) is 11.1 Å². The molecule has 0 unspecified atom stereocenters. The third kappa shape index (κ3) is 4.42. The normalized spacial score (nSPS) is 20.3. The molecule has 0 radical (unpaired) electrons. The summed E-state index contributed by atoms with van der Waals surface area (Å²) in [5, 5.41) is 10.5. The minimum absolute atomic E-state index is 0.0122. The molecule has 3 rings (SSSR count). The van der Waals surface area contributed by atoms with Gasteiger partial charge >= 0.3 is 0 Å². The highest BCUT2D eigenvalue weighted by atomic mass is 35.5. The number of benzene rings is 1. The van der Waals surface area contributed by atoms with Gasteiger partial charge in [0, 0.05) is 41.9 Å². The fourth-order valence-corrected chi connectivity index (χ4v) is 4.50. The van der Waals surface area contributed by atoms with Gasteiger partial charge in [0.2, 0.25) is 0 Å². The van der Waals surface area contributed by atoms with Gasteiger partial charge in [0.1, 0.15) is 18.2 Å². The number of nitrogens with zero attached hydrogens (tertiary/aromatic N) is 2. The third-order valence-corrected chi connectivity index (χ3v) is 5.83. The van der Waals surface area contributed by atoms with Crippen LogP contribution in [0.2, 0.25) is 5.02 Å². The fraction of sp³-hybridized carbons (Fsp3) is 0.417. The maximum Gasteiger partial charge on any atom is 0.162 e.